The molecule has 3 heteroatoms. The molecule has 0 unspecified atom stereocenters. The number of rotatable bonds is 2. The van der Waals surface area contributed by atoms with E-state index in [1.807, 2.05) is 44.2 Å². The summed E-state index contributed by atoms with van der Waals surface area (Å²) in [7, 11) is 0. The van der Waals surface area contributed by atoms with E-state index < -0.39 is 0 Å². The molecular formula is C14H12N2S. The first-order valence-electron chi connectivity index (χ1n) is 5.31. The van der Waals surface area contributed by atoms with Gasteiger partial charge in [-0.05, 0) is 25.0 Å². The molecular weight excluding hydrogens is 228 g/mol. The third-order valence-corrected chi connectivity index (χ3v) is 3.72. The van der Waals surface area contributed by atoms with E-state index in [0.717, 1.165) is 21.0 Å². The Morgan fingerprint density at radius 1 is 1.24 bits per heavy atom. The van der Waals surface area contributed by atoms with E-state index in [1.165, 1.54) is 0 Å². The summed E-state index contributed by atoms with van der Waals surface area (Å²) in [5.74, 6) is 0. The zero-order chi connectivity index (χ0) is 12.3. The van der Waals surface area contributed by atoms with Gasteiger partial charge in [0.05, 0.1) is 5.56 Å². The minimum absolute atomic E-state index is 0.694. The molecule has 1 aromatic carbocycles. The summed E-state index contributed by atoms with van der Waals surface area (Å²) in [4.78, 5) is 5.55. The average molecular weight is 240 g/mol. The Morgan fingerprint density at radius 3 is 2.59 bits per heavy atom. The molecule has 2 nitrogen and oxygen atoms in total. The number of nitriles is 1. The van der Waals surface area contributed by atoms with E-state index in [0.29, 0.717) is 5.56 Å². The van der Waals surface area contributed by atoms with Gasteiger partial charge in [0.1, 0.15) is 11.1 Å². The largest absolute Gasteiger partial charge is 0.244 e. The van der Waals surface area contributed by atoms with Crippen molar-refractivity contribution in [3.8, 4) is 6.07 Å². The van der Waals surface area contributed by atoms with Gasteiger partial charge in [-0.1, -0.05) is 30.3 Å². The first-order valence-corrected chi connectivity index (χ1v) is 6.13. The Kier molecular flexibility index (Phi) is 3.36. The SMILES string of the molecule is Cc1sc(/N=C/c2ccccc2)c(C#N)c1C. The van der Waals surface area contributed by atoms with Gasteiger partial charge in [-0.25, -0.2) is 4.99 Å². The van der Waals surface area contributed by atoms with Gasteiger partial charge >= 0.3 is 0 Å². The molecule has 0 saturated carbocycles. The Labute approximate surface area is 105 Å². The number of hydrogen-bond donors (Lipinski definition) is 0. The first-order chi connectivity index (χ1) is 8.22. The summed E-state index contributed by atoms with van der Waals surface area (Å²) < 4.78 is 0. The molecule has 0 saturated heterocycles. The van der Waals surface area contributed by atoms with Crippen molar-refractivity contribution in [2.24, 2.45) is 4.99 Å². The van der Waals surface area contributed by atoms with Crippen LogP contribution in [0.25, 0.3) is 0 Å². The van der Waals surface area contributed by atoms with Crippen LogP contribution in [-0.4, -0.2) is 6.21 Å². The van der Waals surface area contributed by atoms with Crippen LogP contribution >= 0.6 is 11.3 Å². The van der Waals surface area contributed by atoms with Gasteiger partial charge in [-0.15, -0.1) is 11.3 Å². The van der Waals surface area contributed by atoms with E-state index in [4.69, 9.17) is 5.26 Å². The fourth-order valence-corrected chi connectivity index (χ4v) is 2.46. The lowest BCUT2D eigenvalue weighted by atomic mass is 10.2. The maximum absolute atomic E-state index is 9.09. The molecule has 2 aromatic rings. The topological polar surface area (TPSA) is 36.1 Å². The smallest absolute Gasteiger partial charge is 0.134 e. The number of aryl methyl sites for hydroxylation is 1. The number of nitrogens with zero attached hydrogens (tertiary/aromatic N) is 2. The van der Waals surface area contributed by atoms with Crippen molar-refractivity contribution in [2.45, 2.75) is 13.8 Å². The summed E-state index contributed by atoms with van der Waals surface area (Å²) >= 11 is 1.56. The van der Waals surface area contributed by atoms with Crippen LogP contribution in [0.15, 0.2) is 35.3 Å². The Hall–Kier alpha value is -1.92. The van der Waals surface area contributed by atoms with Crippen molar-refractivity contribution < 1.29 is 0 Å². The second kappa shape index (κ2) is 4.94. The molecule has 1 heterocycles. The normalized spacial score (nSPS) is 10.6. The number of hydrogen-bond acceptors (Lipinski definition) is 3. The Bertz CT molecular complexity index is 589. The summed E-state index contributed by atoms with van der Waals surface area (Å²) in [6, 6.07) is 12.1. The zero-order valence-corrected chi connectivity index (χ0v) is 10.6. The molecule has 0 radical (unpaired) electrons. The van der Waals surface area contributed by atoms with E-state index in [-0.39, 0.29) is 0 Å². The van der Waals surface area contributed by atoms with E-state index in [9.17, 15) is 0 Å². The Balaban J connectivity index is 2.35. The maximum Gasteiger partial charge on any atom is 0.134 e. The van der Waals surface area contributed by atoms with Gasteiger partial charge in [0, 0.05) is 11.1 Å². The van der Waals surface area contributed by atoms with Crippen LogP contribution in [0.3, 0.4) is 0 Å². The monoisotopic (exact) mass is 240 g/mol. The second-order valence-electron chi connectivity index (χ2n) is 3.74. The minimum Gasteiger partial charge on any atom is -0.244 e. The highest BCUT2D eigenvalue weighted by Gasteiger charge is 2.10. The van der Waals surface area contributed by atoms with Gasteiger partial charge in [0.25, 0.3) is 0 Å². The molecule has 0 aliphatic rings. The summed E-state index contributed by atoms with van der Waals surface area (Å²) in [5, 5.41) is 9.89. The van der Waals surface area contributed by atoms with Crippen LogP contribution in [0, 0.1) is 25.2 Å². The quantitative estimate of drug-likeness (QED) is 0.731. The van der Waals surface area contributed by atoms with Crippen LogP contribution in [0.2, 0.25) is 0 Å². The fourth-order valence-electron chi connectivity index (χ4n) is 1.50. The molecule has 0 spiro atoms. The lowest BCUT2D eigenvalue weighted by Crippen LogP contribution is -1.79. The molecule has 0 atom stereocenters. The molecule has 0 bridgehead atoms. The van der Waals surface area contributed by atoms with E-state index in [2.05, 4.69) is 11.1 Å². The van der Waals surface area contributed by atoms with Crippen molar-refractivity contribution in [1.82, 2.24) is 0 Å². The van der Waals surface area contributed by atoms with Gasteiger partial charge in [0.2, 0.25) is 0 Å². The number of aliphatic imine (C=N–C) groups is 1. The van der Waals surface area contributed by atoms with Gasteiger partial charge in [-0.2, -0.15) is 5.26 Å². The van der Waals surface area contributed by atoms with Crippen LogP contribution in [0.4, 0.5) is 5.00 Å². The van der Waals surface area contributed by atoms with E-state index >= 15 is 0 Å². The minimum atomic E-state index is 0.694. The van der Waals surface area contributed by atoms with Crippen LogP contribution in [-0.2, 0) is 0 Å². The van der Waals surface area contributed by atoms with Crippen LogP contribution in [0.5, 0.6) is 0 Å². The molecule has 0 aliphatic carbocycles. The predicted molar refractivity (Wildman–Crippen MR) is 72.2 cm³/mol. The van der Waals surface area contributed by atoms with Crippen molar-refractivity contribution in [1.29, 1.82) is 5.26 Å². The highest BCUT2D eigenvalue weighted by Crippen LogP contribution is 2.33. The highest BCUT2D eigenvalue weighted by atomic mass is 32.1. The van der Waals surface area contributed by atoms with Crippen molar-refractivity contribution >= 4 is 22.6 Å². The molecule has 0 amide bonds. The fraction of sp³-hybridized carbons (Fsp3) is 0.143. The molecule has 0 fully saturated rings. The first kappa shape index (κ1) is 11.6. The standard InChI is InChI=1S/C14H12N2S/c1-10-11(2)17-14(13(10)8-15)16-9-12-6-4-3-5-7-12/h3-7,9H,1-2H3/b16-9+. The molecule has 2 rings (SSSR count). The third-order valence-electron chi connectivity index (χ3n) is 2.61. The lowest BCUT2D eigenvalue weighted by molar-refractivity contribution is 1.38. The second-order valence-corrected chi connectivity index (χ2v) is 4.95. The van der Waals surface area contributed by atoms with Gasteiger partial charge in [0.15, 0.2) is 0 Å². The van der Waals surface area contributed by atoms with Crippen molar-refractivity contribution in [2.75, 3.05) is 0 Å². The average Bonchev–Trinajstić information content (AvgIpc) is 2.63. The van der Waals surface area contributed by atoms with Gasteiger partial charge < -0.3 is 0 Å². The zero-order valence-electron chi connectivity index (χ0n) is 9.77. The number of benzene rings is 1. The third kappa shape index (κ3) is 2.43. The summed E-state index contributed by atoms with van der Waals surface area (Å²) in [5.41, 5.74) is 2.78. The van der Waals surface area contributed by atoms with Crippen molar-refractivity contribution in [3.63, 3.8) is 0 Å². The van der Waals surface area contributed by atoms with Crippen LogP contribution < -0.4 is 0 Å². The molecule has 1 aromatic heterocycles. The molecule has 84 valence electrons. The Morgan fingerprint density at radius 2 is 1.94 bits per heavy atom. The van der Waals surface area contributed by atoms with Gasteiger partial charge in [-0.3, -0.25) is 0 Å². The molecule has 17 heavy (non-hydrogen) atoms. The van der Waals surface area contributed by atoms with Crippen molar-refractivity contribution in [3.05, 3.63) is 51.9 Å². The molecule has 0 N–H and O–H groups in total. The number of thiophene rings is 1. The lowest BCUT2D eigenvalue weighted by Gasteiger charge is -1.91. The van der Waals surface area contributed by atoms with Crippen LogP contribution in [0.1, 0.15) is 21.6 Å². The molecule has 0 aliphatic heterocycles. The summed E-state index contributed by atoms with van der Waals surface area (Å²) in [6.07, 6.45) is 1.80. The predicted octanol–water partition coefficient (Wildman–Crippen LogP) is 3.99. The van der Waals surface area contributed by atoms with E-state index in [1.54, 1.807) is 17.6 Å². The summed E-state index contributed by atoms with van der Waals surface area (Å²) in [6.45, 7) is 3.98. The maximum atomic E-state index is 9.09. The highest BCUT2D eigenvalue weighted by molar-refractivity contribution is 7.16.